The second kappa shape index (κ2) is 12.6. The van der Waals surface area contributed by atoms with Crippen LogP contribution in [0.5, 0.6) is 5.75 Å². The number of anilines is 1. The highest BCUT2D eigenvalue weighted by atomic mass is 127. The zero-order valence-electron chi connectivity index (χ0n) is 13.4. The van der Waals surface area contributed by atoms with E-state index in [1.165, 1.54) is 6.92 Å². The second-order valence-corrected chi connectivity index (χ2v) is 4.38. The number of carbonyl (C=O) groups excluding carboxylic acids is 1. The number of aliphatic imine (C=N–C) groups is 1. The van der Waals surface area contributed by atoms with E-state index in [9.17, 15) is 4.79 Å². The van der Waals surface area contributed by atoms with E-state index < -0.39 is 0 Å². The number of amides is 1. The molecule has 1 rings (SSSR count). The number of halogens is 1. The van der Waals surface area contributed by atoms with Crippen LogP contribution in [0.15, 0.2) is 29.3 Å². The fourth-order valence-electron chi connectivity index (χ4n) is 1.66. The molecule has 1 amide bonds. The van der Waals surface area contributed by atoms with Crippen LogP contribution in [-0.2, 0) is 4.79 Å². The van der Waals surface area contributed by atoms with Crippen LogP contribution in [-0.4, -0.2) is 38.1 Å². The van der Waals surface area contributed by atoms with Crippen molar-refractivity contribution in [1.29, 1.82) is 0 Å². The Bertz CT molecular complexity index is 555. The van der Waals surface area contributed by atoms with Gasteiger partial charge in [0.15, 0.2) is 5.96 Å². The smallest absolute Gasteiger partial charge is 0.221 e. The molecule has 0 aliphatic carbocycles. The van der Waals surface area contributed by atoms with Crippen molar-refractivity contribution in [1.82, 2.24) is 10.6 Å². The van der Waals surface area contributed by atoms with Crippen molar-refractivity contribution in [2.45, 2.75) is 13.8 Å². The summed E-state index contributed by atoms with van der Waals surface area (Å²) in [4.78, 5) is 15.4. The molecule has 6 nitrogen and oxygen atoms in total. The van der Waals surface area contributed by atoms with E-state index in [0.29, 0.717) is 37.1 Å². The van der Waals surface area contributed by atoms with Gasteiger partial charge in [-0.15, -0.1) is 30.4 Å². The Balaban J connectivity index is 0.00000484. The van der Waals surface area contributed by atoms with Crippen LogP contribution in [0, 0.1) is 12.3 Å². The van der Waals surface area contributed by atoms with Crippen molar-refractivity contribution < 1.29 is 9.53 Å². The molecule has 0 aromatic heterocycles. The molecule has 0 spiro atoms. The topological polar surface area (TPSA) is 74.8 Å². The first kappa shape index (κ1) is 21.0. The molecule has 0 aliphatic rings. The van der Waals surface area contributed by atoms with Crippen molar-refractivity contribution in [3.05, 3.63) is 24.3 Å². The minimum absolute atomic E-state index is 0. The molecule has 0 fully saturated rings. The molecule has 0 atom stereocenters. The molecule has 3 N–H and O–H groups in total. The third-order valence-corrected chi connectivity index (χ3v) is 2.49. The molecule has 126 valence electrons. The van der Waals surface area contributed by atoms with Gasteiger partial charge in [-0.3, -0.25) is 4.79 Å². The fraction of sp³-hybridized carbons (Fsp3) is 0.375. The van der Waals surface area contributed by atoms with Crippen LogP contribution in [0.4, 0.5) is 5.69 Å². The van der Waals surface area contributed by atoms with Crippen molar-refractivity contribution in [3.8, 4) is 18.1 Å². The summed E-state index contributed by atoms with van der Waals surface area (Å²) in [5.74, 6) is 3.73. The lowest BCUT2D eigenvalue weighted by molar-refractivity contribution is -0.114. The van der Waals surface area contributed by atoms with Crippen LogP contribution < -0.4 is 20.7 Å². The van der Waals surface area contributed by atoms with Gasteiger partial charge < -0.3 is 20.7 Å². The van der Waals surface area contributed by atoms with E-state index in [-0.39, 0.29) is 29.9 Å². The first-order valence-corrected chi connectivity index (χ1v) is 7.11. The summed E-state index contributed by atoms with van der Waals surface area (Å²) in [6.45, 7) is 5.55. The third-order valence-electron chi connectivity index (χ3n) is 2.49. The van der Waals surface area contributed by atoms with E-state index in [4.69, 9.17) is 11.2 Å². The Morgan fingerprint density at radius 1 is 1.39 bits per heavy atom. The molecule has 7 heteroatoms. The van der Waals surface area contributed by atoms with E-state index in [1.807, 2.05) is 19.1 Å². The number of nitrogens with one attached hydrogen (secondary N) is 3. The molecular formula is C16H23IN4O2. The van der Waals surface area contributed by atoms with Crippen molar-refractivity contribution >= 4 is 41.5 Å². The van der Waals surface area contributed by atoms with Crippen molar-refractivity contribution in [3.63, 3.8) is 0 Å². The summed E-state index contributed by atoms with van der Waals surface area (Å²) >= 11 is 0. The van der Waals surface area contributed by atoms with Crippen LogP contribution in [0.3, 0.4) is 0 Å². The van der Waals surface area contributed by atoms with Gasteiger partial charge in [0.1, 0.15) is 12.4 Å². The maximum atomic E-state index is 11.0. The summed E-state index contributed by atoms with van der Waals surface area (Å²) in [7, 11) is 0. The van der Waals surface area contributed by atoms with Crippen LogP contribution >= 0.6 is 24.0 Å². The monoisotopic (exact) mass is 430 g/mol. The van der Waals surface area contributed by atoms with Gasteiger partial charge in [-0.25, -0.2) is 4.99 Å². The zero-order chi connectivity index (χ0) is 16.2. The highest BCUT2D eigenvalue weighted by molar-refractivity contribution is 14.0. The van der Waals surface area contributed by atoms with E-state index in [0.717, 1.165) is 6.54 Å². The van der Waals surface area contributed by atoms with Crippen LogP contribution in [0.1, 0.15) is 13.8 Å². The summed E-state index contributed by atoms with van der Waals surface area (Å²) in [5, 5.41) is 8.79. The largest absolute Gasteiger partial charge is 0.492 e. The Labute approximate surface area is 154 Å². The molecule has 0 saturated carbocycles. The number of guanidine groups is 1. The molecule has 1 aromatic carbocycles. The van der Waals surface area contributed by atoms with E-state index in [1.54, 1.807) is 12.1 Å². The van der Waals surface area contributed by atoms with E-state index >= 15 is 0 Å². The molecule has 0 bridgehead atoms. The molecular weight excluding hydrogens is 407 g/mol. The van der Waals surface area contributed by atoms with Gasteiger partial charge in [0, 0.05) is 25.2 Å². The minimum atomic E-state index is -0.114. The summed E-state index contributed by atoms with van der Waals surface area (Å²) in [6, 6.07) is 7.23. The number of nitrogens with zero attached hydrogens (tertiary/aromatic N) is 1. The van der Waals surface area contributed by atoms with Gasteiger partial charge in [-0.05, 0) is 19.1 Å². The lowest BCUT2D eigenvalue weighted by Crippen LogP contribution is -2.37. The SMILES string of the molecule is C#CCNC(=NCCOc1cccc(NC(C)=O)c1)NCC.I. The highest BCUT2D eigenvalue weighted by Gasteiger charge is 1.99. The zero-order valence-corrected chi connectivity index (χ0v) is 15.7. The molecule has 0 saturated heterocycles. The van der Waals surface area contributed by atoms with Crippen LogP contribution in [0.25, 0.3) is 0 Å². The number of rotatable bonds is 7. The second-order valence-electron chi connectivity index (χ2n) is 4.38. The van der Waals surface area contributed by atoms with Crippen molar-refractivity contribution in [2.24, 2.45) is 4.99 Å². The number of carbonyl (C=O) groups is 1. The highest BCUT2D eigenvalue weighted by Crippen LogP contribution is 2.17. The van der Waals surface area contributed by atoms with Gasteiger partial charge in [0.05, 0.1) is 13.1 Å². The Kier molecular flexibility index (Phi) is 11.5. The minimum Gasteiger partial charge on any atom is -0.492 e. The van der Waals surface area contributed by atoms with E-state index in [2.05, 4.69) is 26.9 Å². The molecule has 23 heavy (non-hydrogen) atoms. The standard InChI is InChI=1S/C16H22N4O2.HI/c1-4-9-18-16(17-5-2)19-10-11-22-15-8-6-7-14(12-15)20-13(3)21;/h1,6-8,12H,5,9-11H2,2-3H3,(H,20,21)(H2,17,18,19);1H. The normalized spacial score (nSPS) is 10.0. The molecule has 0 unspecified atom stereocenters. The summed E-state index contributed by atoms with van der Waals surface area (Å²) in [5.41, 5.74) is 0.706. The predicted octanol–water partition coefficient (Wildman–Crippen LogP) is 1.83. The molecule has 0 aliphatic heterocycles. The average Bonchev–Trinajstić information content (AvgIpc) is 2.48. The maximum absolute atomic E-state index is 11.0. The number of hydrogen-bond donors (Lipinski definition) is 3. The number of hydrogen-bond acceptors (Lipinski definition) is 3. The van der Waals surface area contributed by atoms with Crippen molar-refractivity contribution in [2.75, 3.05) is 31.6 Å². The lowest BCUT2D eigenvalue weighted by atomic mass is 10.3. The lowest BCUT2D eigenvalue weighted by Gasteiger charge is -2.10. The predicted molar refractivity (Wildman–Crippen MR) is 104 cm³/mol. The first-order chi connectivity index (χ1) is 10.7. The van der Waals surface area contributed by atoms with Gasteiger partial charge >= 0.3 is 0 Å². The maximum Gasteiger partial charge on any atom is 0.221 e. The molecule has 0 radical (unpaired) electrons. The van der Waals surface area contributed by atoms with Gasteiger partial charge in [0.2, 0.25) is 5.91 Å². The number of ether oxygens (including phenoxy) is 1. The summed E-state index contributed by atoms with van der Waals surface area (Å²) in [6.07, 6.45) is 5.20. The Morgan fingerprint density at radius 2 is 2.17 bits per heavy atom. The Morgan fingerprint density at radius 3 is 2.83 bits per heavy atom. The number of terminal acetylenes is 1. The Hall–Kier alpha value is -1.95. The number of benzene rings is 1. The molecule has 0 heterocycles. The quantitative estimate of drug-likeness (QED) is 0.203. The first-order valence-electron chi connectivity index (χ1n) is 7.11. The van der Waals surface area contributed by atoms with Gasteiger partial charge in [-0.1, -0.05) is 12.0 Å². The van der Waals surface area contributed by atoms with Gasteiger partial charge in [0.25, 0.3) is 0 Å². The summed E-state index contributed by atoms with van der Waals surface area (Å²) < 4.78 is 5.61. The van der Waals surface area contributed by atoms with Gasteiger partial charge in [-0.2, -0.15) is 0 Å². The fourth-order valence-corrected chi connectivity index (χ4v) is 1.66. The van der Waals surface area contributed by atoms with Crippen LogP contribution in [0.2, 0.25) is 0 Å². The average molecular weight is 430 g/mol. The molecule has 1 aromatic rings. The third kappa shape index (κ3) is 9.63.